The third-order valence-corrected chi connectivity index (χ3v) is 2.51. The van der Waals surface area contributed by atoms with Gasteiger partial charge in [0.25, 0.3) is 0 Å². The van der Waals surface area contributed by atoms with Crippen molar-refractivity contribution in [2.75, 3.05) is 13.2 Å². The molecule has 18 heavy (non-hydrogen) atoms. The molecule has 7 nitrogen and oxygen atoms in total. The quantitative estimate of drug-likeness (QED) is 0.604. The Bertz CT molecular complexity index is 378. The number of aliphatic hydroxyl groups is 1. The summed E-state index contributed by atoms with van der Waals surface area (Å²) in [6, 6.07) is 0.0625. The molecule has 0 aromatic carbocycles. The second-order valence-corrected chi connectivity index (χ2v) is 4.64. The maximum atomic E-state index is 10.6. The molecule has 1 rings (SSSR count). The Hall–Kier alpha value is -1.47. The second kappa shape index (κ2) is 7.07. The SMILES string of the molecule is CC(C)CC(CO)NCCn1cc(C(=O)O)nn1. The summed E-state index contributed by atoms with van der Waals surface area (Å²) in [6.45, 7) is 5.42. The molecule has 0 spiro atoms. The summed E-state index contributed by atoms with van der Waals surface area (Å²) >= 11 is 0. The molecular formula is C11H20N4O3. The van der Waals surface area contributed by atoms with Gasteiger partial charge in [-0.2, -0.15) is 0 Å². The number of nitrogens with one attached hydrogen (secondary N) is 1. The summed E-state index contributed by atoms with van der Waals surface area (Å²) < 4.78 is 1.47. The molecule has 0 bridgehead atoms. The highest BCUT2D eigenvalue weighted by molar-refractivity contribution is 5.84. The van der Waals surface area contributed by atoms with Crippen LogP contribution in [-0.2, 0) is 6.54 Å². The minimum absolute atomic E-state index is 0.0594. The van der Waals surface area contributed by atoms with Gasteiger partial charge in [0.15, 0.2) is 5.69 Å². The minimum Gasteiger partial charge on any atom is -0.476 e. The van der Waals surface area contributed by atoms with Crippen molar-refractivity contribution in [3.05, 3.63) is 11.9 Å². The molecule has 0 saturated heterocycles. The molecule has 1 heterocycles. The van der Waals surface area contributed by atoms with Crippen LogP contribution < -0.4 is 5.32 Å². The largest absolute Gasteiger partial charge is 0.476 e. The monoisotopic (exact) mass is 256 g/mol. The van der Waals surface area contributed by atoms with Crippen molar-refractivity contribution in [2.45, 2.75) is 32.9 Å². The van der Waals surface area contributed by atoms with E-state index in [1.54, 1.807) is 0 Å². The first kappa shape index (κ1) is 14.6. The third-order valence-electron chi connectivity index (χ3n) is 2.51. The summed E-state index contributed by atoms with van der Waals surface area (Å²) in [5.74, 6) is -0.568. The van der Waals surface area contributed by atoms with Gasteiger partial charge in [-0.25, -0.2) is 4.79 Å². The first-order chi connectivity index (χ1) is 8.52. The number of nitrogens with zero attached hydrogens (tertiary/aromatic N) is 3. The molecule has 102 valence electrons. The van der Waals surface area contributed by atoms with Gasteiger partial charge in [0.1, 0.15) is 0 Å². The normalized spacial score (nSPS) is 12.9. The zero-order chi connectivity index (χ0) is 13.5. The van der Waals surface area contributed by atoms with Crippen molar-refractivity contribution in [3.8, 4) is 0 Å². The van der Waals surface area contributed by atoms with Crippen LogP contribution in [0.5, 0.6) is 0 Å². The van der Waals surface area contributed by atoms with Gasteiger partial charge in [-0.15, -0.1) is 5.10 Å². The summed E-state index contributed by atoms with van der Waals surface area (Å²) in [5, 5.41) is 28.3. The Morgan fingerprint density at radius 1 is 1.56 bits per heavy atom. The van der Waals surface area contributed by atoms with Gasteiger partial charge in [0, 0.05) is 12.6 Å². The lowest BCUT2D eigenvalue weighted by Crippen LogP contribution is -2.35. The van der Waals surface area contributed by atoms with Crippen molar-refractivity contribution in [1.29, 1.82) is 0 Å². The van der Waals surface area contributed by atoms with Crippen LogP contribution in [0, 0.1) is 5.92 Å². The summed E-state index contributed by atoms with van der Waals surface area (Å²) in [4.78, 5) is 10.6. The van der Waals surface area contributed by atoms with E-state index in [1.165, 1.54) is 10.9 Å². The minimum atomic E-state index is -1.08. The molecule has 0 aliphatic carbocycles. The van der Waals surface area contributed by atoms with Gasteiger partial charge in [0.05, 0.1) is 19.3 Å². The number of aromatic carboxylic acids is 1. The average Bonchev–Trinajstić information content (AvgIpc) is 2.76. The number of aromatic nitrogens is 3. The number of aliphatic hydroxyl groups excluding tert-OH is 1. The van der Waals surface area contributed by atoms with Gasteiger partial charge < -0.3 is 15.5 Å². The van der Waals surface area contributed by atoms with Crippen LogP contribution in [0.1, 0.15) is 30.8 Å². The summed E-state index contributed by atoms with van der Waals surface area (Å²) in [5.41, 5.74) is -0.0594. The number of carboxylic acid groups (broad SMARTS) is 1. The lowest BCUT2D eigenvalue weighted by atomic mass is 10.0. The Morgan fingerprint density at radius 2 is 2.28 bits per heavy atom. The number of hydrogen-bond donors (Lipinski definition) is 3. The van der Waals surface area contributed by atoms with E-state index < -0.39 is 5.97 Å². The van der Waals surface area contributed by atoms with Gasteiger partial charge in [-0.3, -0.25) is 4.68 Å². The molecule has 0 radical (unpaired) electrons. The van der Waals surface area contributed by atoms with E-state index in [0.29, 0.717) is 19.0 Å². The highest BCUT2D eigenvalue weighted by atomic mass is 16.4. The lowest BCUT2D eigenvalue weighted by molar-refractivity contribution is 0.0690. The van der Waals surface area contributed by atoms with Crippen LogP contribution in [0.4, 0.5) is 0 Å². The molecule has 0 amide bonds. The number of carbonyl (C=O) groups is 1. The molecule has 3 N–H and O–H groups in total. The van der Waals surface area contributed by atoms with Gasteiger partial charge >= 0.3 is 5.97 Å². The smallest absolute Gasteiger partial charge is 0.358 e. The highest BCUT2D eigenvalue weighted by Gasteiger charge is 2.10. The maximum Gasteiger partial charge on any atom is 0.358 e. The molecule has 1 unspecified atom stereocenters. The molecule has 7 heteroatoms. The molecule has 0 saturated carbocycles. The number of carboxylic acids is 1. The zero-order valence-corrected chi connectivity index (χ0v) is 10.7. The van der Waals surface area contributed by atoms with E-state index in [9.17, 15) is 9.90 Å². The molecule has 0 fully saturated rings. The first-order valence-corrected chi connectivity index (χ1v) is 6.00. The predicted octanol–water partition coefficient (Wildman–Crippen LogP) is -0.0271. The Labute approximate surface area is 106 Å². The van der Waals surface area contributed by atoms with E-state index in [0.717, 1.165) is 6.42 Å². The molecule has 1 aromatic rings. The molecular weight excluding hydrogens is 236 g/mol. The lowest BCUT2D eigenvalue weighted by Gasteiger charge is -2.17. The Balaban J connectivity index is 2.33. The summed E-state index contributed by atoms with van der Waals surface area (Å²) in [7, 11) is 0. The highest BCUT2D eigenvalue weighted by Crippen LogP contribution is 2.03. The molecule has 1 aromatic heterocycles. The van der Waals surface area contributed by atoms with Crippen molar-refractivity contribution < 1.29 is 15.0 Å². The maximum absolute atomic E-state index is 10.6. The van der Waals surface area contributed by atoms with Crippen LogP contribution >= 0.6 is 0 Å². The van der Waals surface area contributed by atoms with Crippen LogP contribution in [0.25, 0.3) is 0 Å². The van der Waals surface area contributed by atoms with Crippen molar-refractivity contribution in [2.24, 2.45) is 5.92 Å². The van der Waals surface area contributed by atoms with E-state index in [1.807, 2.05) is 0 Å². The van der Waals surface area contributed by atoms with Crippen LogP contribution in [0.2, 0.25) is 0 Å². The predicted molar refractivity (Wildman–Crippen MR) is 65.3 cm³/mol. The average molecular weight is 256 g/mol. The Kier molecular flexibility index (Phi) is 5.73. The van der Waals surface area contributed by atoms with Gasteiger partial charge in [-0.1, -0.05) is 19.1 Å². The molecule has 0 aliphatic heterocycles. The molecule has 0 aliphatic rings. The fraction of sp³-hybridized carbons (Fsp3) is 0.727. The molecule has 1 atom stereocenters. The van der Waals surface area contributed by atoms with Crippen LogP contribution in [0.15, 0.2) is 6.20 Å². The van der Waals surface area contributed by atoms with E-state index in [2.05, 4.69) is 29.5 Å². The summed E-state index contributed by atoms with van der Waals surface area (Å²) in [6.07, 6.45) is 2.29. The van der Waals surface area contributed by atoms with E-state index in [-0.39, 0.29) is 18.3 Å². The first-order valence-electron chi connectivity index (χ1n) is 6.00. The Morgan fingerprint density at radius 3 is 2.78 bits per heavy atom. The standard InChI is InChI=1S/C11H20N4O3/c1-8(2)5-9(7-16)12-3-4-15-6-10(11(17)18)13-14-15/h6,8-9,12,16H,3-5,7H2,1-2H3,(H,17,18). The van der Waals surface area contributed by atoms with Crippen molar-refractivity contribution in [1.82, 2.24) is 20.3 Å². The number of hydrogen-bond acceptors (Lipinski definition) is 5. The fourth-order valence-corrected chi connectivity index (χ4v) is 1.68. The topological polar surface area (TPSA) is 100 Å². The van der Waals surface area contributed by atoms with Gasteiger partial charge in [-0.05, 0) is 12.3 Å². The van der Waals surface area contributed by atoms with E-state index in [4.69, 9.17) is 5.11 Å². The number of rotatable bonds is 8. The second-order valence-electron chi connectivity index (χ2n) is 4.64. The van der Waals surface area contributed by atoms with Gasteiger partial charge in [0.2, 0.25) is 0 Å². The van der Waals surface area contributed by atoms with Crippen molar-refractivity contribution >= 4 is 5.97 Å². The third kappa shape index (κ3) is 4.80. The van der Waals surface area contributed by atoms with E-state index >= 15 is 0 Å². The van der Waals surface area contributed by atoms with Crippen LogP contribution in [0.3, 0.4) is 0 Å². The van der Waals surface area contributed by atoms with Crippen molar-refractivity contribution in [3.63, 3.8) is 0 Å². The van der Waals surface area contributed by atoms with Crippen LogP contribution in [-0.4, -0.2) is 50.4 Å². The fourth-order valence-electron chi connectivity index (χ4n) is 1.68. The zero-order valence-electron chi connectivity index (χ0n) is 10.7.